The van der Waals surface area contributed by atoms with E-state index in [2.05, 4.69) is 37.6 Å². The molecule has 33 heavy (non-hydrogen) atoms. The fourth-order valence-electron chi connectivity index (χ4n) is 5.59. The predicted octanol–water partition coefficient (Wildman–Crippen LogP) is 8.67. The van der Waals surface area contributed by atoms with Crippen LogP contribution in [0.1, 0.15) is 127 Å². The second kappa shape index (κ2) is 14.8. The maximum Gasteiger partial charge on any atom is 0.340 e. The van der Waals surface area contributed by atoms with Crippen molar-refractivity contribution in [3.8, 4) is 0 Å². The van der Waals surface area contributed by atoms with Crippen LogP contribution in [0.4, 0.5) is 4.39 Å². The Hall–Kier alpha value is -1.38. The Morgan fingerprint density at radius 3 is 2.30 bits per heavy atom. The number of hydrogen-bond acceptors (Lipinski definition) is 2. The minimum atomic E-state index is -1.45. The van der Waals surface area contributed by atoms with Gasteiger partial charge in [0.15, 0.2) is 6.17 Å². The van der Waals surface area contributed by atoms with Gasteiger partial charge in [0.1, 0.15) is 6.10 Å². The van der Waals surface area contributed by atoms with E-state index in [9.17, 15) is 9.18 Å². The Kier molecular flexibility index (Phi) is 11.8. The number of esters is 1. The van der Waals surface area contributed by atoms with Crippen molar-refractivity contribution < 1.29 is 13.9 Å². The average Bonchev–Trinajstić information content (AvgIpc) is 2.86. The zero-order valence-corrected chi connectivity index (χ0v) is 20.9. The molecule has 0 bridgehead atoms. The van der Waals surface area contributed by atoms with E-state index in [1.54, 1.807) is 0 Å². The molecule has 1 radical (unpaired) electrons. The molecule has 0 heterocycles. The molecule has 2 fully saturated rings. The van der Waals surface area contributed by atoms with Crippen molar-refractivity contribution in [1.82, 2.24) is 0 Å². The summed E-state index contributed by atoms with van der Waals surface area (Å²) in [4.78, 5) is 12.1. The van der Waals surface area contributed by atoms with Gasteiger partial charge in [0, 0.05) is 0 Å². The number of carbonyl (C=O) groups excluding carboxylic acids is 1. The average molecular weight is 458 g/mol. The van der Waals surface area contributed by atoms with Crippen molar-refractivity contribution in [2.24, 2.45) is 5.92 Å². The van der Waals surface area contributed by atoms with Crippen molar-refractivity contribution in [3.63, 3.8) is 0 Å². The molecule has 0 saturated heterocycles. The number of carbonyl (C=O) groups is 1. The number of benzene rings is 1. The van der Waals surface area contributed by atoms with E-state index < -0.39 is 12.1 Å². The van der Waals surface area contributed by atoms with Crippen molar-refractivity contribution in [2.75, 3.05) is 0 Å². The van der Waals surface area contributed by atoms with Crippen molar-refractivity contribution >= 4 is 5.97 Å². The summed E-state index contributed by atoms with van der Waals surface area (Å²) in [5, 5.41) is 0. The fourth-order valence-corrected chi connectivity index (χ4v) is 5.59. The van der Waals surface area contributed by atoms with Gasteiger partial charge < -0.3 is 4.74 Å². The number of rotatable bonds is 13. The number of halogens is 1. The van der Waals surface area contributed by atoms with E-state index in [0.29, 0.717) is 12.3 Å². The Morgan fingerprint density at radius 1 is 0.939 bits per heavy atom. The lowest BCUT2D eigenvalue weighted by molar-refractivity contribution is -0.157. The lowest BCUT2D eigenvalue weighted by Crippen LogP contribution is -2.28. The van der Waals surface area contributed by atoms with E-state index in [1.807, 2.05) is 0 Å². The van der Waals surface area contributed by atoms with Crippen molar-refractivity contribution in [3.05, 3.63) is 41.8 Å². The minimum Gasteiger partial charge on any atom is -0.460 e. The van der Waals surface area contributed by atoms with Gasteiger partial charge in [0.2, 0.25) is 0 Å². The Labute approximate surface area is 202 Å². The summed E-state index contributed by atoms with van der Waals surface area (Å²) >= 11 is 0. The molecule has 2 aliphatic rings. The van der Waals surface area contributed by atoms with E-state index >= 15 is 0 Å². The molecule has 0 spiro atoms. The molecule has 0 N–H and O–H groups in total. The van der Waals surface area contributed by atoms with Crippen LogP contribution in [0.15, 0.2) is 24.3 Å². The van der Waals surface area contributed by atoms with E-state index in [1.165, 1.54) is 68.9 Å². The third kappa shape index (κ3) is 9.41. The van der Waals surface area contributed by atoms with Crippen LogP contribution < -0.4 is 0 Å². The van der Waals surface area contributed by atoms with E-state index in [0.717, 1.165) is 50.9 Å². The molecule has 2 aliphatic carbocycles. The van der Waals surface area contributed by atoms with Crippen LogP contribution in [0.2, 0.25) is 0 Å². The molecule has 0 aromatic heterocycles. The van der Waals surface area contributed by atoms with Crippen LogP contribution in [-0.4, -0.2) is 18.2 Å². The lowest BCUT2D eigenvalue weighted by Gasteiger charge is -2.29. The van der Waals surface area contributed by atoms with Crippen molar-refractivity contribution in [2.45, 2.75) is 134 Å². The number of ether oxygens (including phenoxy) is 1. The number of aryl methyl sites for hydroxylation is 1. The Balaban J connectivity index is 1.31. The third-order valence-electron chi connectivity index (χ3n) is 7.87. The smallest absolute Gasteiger partial charge is 0.340 e. The maximum atomic E-state index is 14.2. The molecule has 3 rings (SSSR count). The molecular formula is C30H46FO2. The van der Waals surface area contributed by atoms with Gasteiger partial charge in [0.25, 0.3) is 0 Å². The molecule has 185 valence electrons. The zero-order valence-electron chi connectivity index (χ0n) is 20.9. The molecular weight excluding hydrogens is 411 g/mol. The van der Waals surface area contributed by atoms with E-state index in [-0.39, 0.29) is 6.10 Å². The zero-order chi connectivity index (χ0) is 23.3. The Morgan fingerprint density at radius 2 is 1.61 bits per heavy atom. The second-order valence-corrected chi connectivity index (χ2v) is 10.5. The quantitative estimate of drug-likeness (QED) is 0.219. The van der Waals surface area contributed by atoms with Gasteiger partial charge in [-0.05, 0) is 93.6 Å². The molecule has 0 amide bonds. The summed E-state index contributed by atoms with van der Waals surface area (Å²) in [6.07, 6.45) is 19.4. The first kappa shape index (κ1) is 26.2. The minimum absolute atomic E-state index is 0.108. The van der Waals surface area contributed by atoms with Crippen LogP contribution in [0.5, 0.6) is 0 Å². The van der Waals surface area contributed by atoms with Gasteiger partial charge in [-0.2, -0.15) is 0 Å². The molecule has 2 nitrogen and oxygen atoms in total. The van der Waals surface area contributed by atoms with Gasteiger partial charge in [-0.15, -0.1) is 0 Å². The highest BCUT2D eigenvalue weighted by Crippen LogP contribution is 2.35. The van der Waals surface area contributed by atoms with Crippen LogP contribution in [-0.2, 0) is 16.0 Å². The first-order chi connectivity index (χ1) is 16.2. The summed E-state index contributed by atoms with van der Waals surface area (Å²) in [5.41, 5.74) is 2.86. The summed E-state index contributed by atoms with van der Waals surface area (Å²) in [7, 11) is 0. The van der Waals surface area contributed by atoms with Crippen molar-refractivity contribution in [1.29, 1.82) is 0 Å². The topological polar surface area (TPSA) is 26.3 Å². The number of hydrogen-bond donors (Lipinski definition) is 0. The maximum absolute atomic E-state index is 14.2. The molecule has 1 aromatic rings. The summed E-state index contributed by atoms with van der Waals surface area (Å²) < 4.78 is 19.7. The summed E-state index contributed by atoms with van der Waals surface area (Å²) in [6.45, 7) is 2.19. The highest BCUT2D eigenvalue weighted by atomic mass is 19.1. The molecule has 3 heteroatoms. The fraction of sp³-hybridized carbons (Fsp3) is 0.733. The van der Waals surface area contributed by atoms with Crippen LogP contribution in [0, 0.1) is 12.3 Å². The largest absolute Gasteiger partial charge is 0.460 e. The monoisotopic (exact) mass is 457 g/mol. The normalized spacial score (nSPS) is 22.7. The lowest BCUT2D eigenvalue weighted by atomic mass is 9.82. The summed E-state index contributed by atoms with van der Waals surface area (Å²) in [5.74, 6) is 0.807. The molecule has 0 unspecified atom stereocenters. The SMILES string of the molecule is CCCCCCCC[C@H](F)C(=O)O[C@H]1CC[C@H](c2ccc(CCC3CC[CH]CC3)cc2)CC1. The number of alkyl halides is 1. The second-order valence-electron chi connectivity index (χ2n) is 10.5. The van der Waals surface area contributed by atoms with Gasteiger partial charge in [-0.1, -0.05) is 76.1 Å². The Bertz CT molecular complexity index is 656. The van der Waals surface area contributed by atoms with Gasteiger partial charge in [-0.3, -0.25) is 0 Å². The van der Waals surface area contributed by atoms with Gasteiger partial charge >= 0.3 is 5.97 Å². The molecule has 0 aliphatic heterocycles. The molecule has 2 saturated carbocycles. The van der Waals surface area contributed by atoms with Crippen LogP contribution in [0.25, 0.3) is 0 Å². The first-order valence-electron chi connectivity index (χ1n) is 13.9. The number of unbranched alkanes of at least 4 members (excludes halogenated alkanes) is 5. The summed E-state index contributed by atoms with van der Waals surface area (Å²) in [6, 6.07) is 9.23. The highest BCUT2D eigenvalue weighted by Gasteiger charge is 2.27. The van der Waals surface area contributed by atoms with Gasteiger partial charge in [-0.25, -0.2) is 9.18 Å². The van der Waals surface area contributed by atoms with Crippen LogP contribution >= 0.6 is 0 Å². The van der Waals surface area contributed by atoms with E-state index in [4.69, 9.17) is 4.74 Å². The standard InChI is InChI=1S/C30H46FO2/c1-2-3-4-5-6-10-13-29(31)30(32)33-28-22-20-27(21-23-28)26-18-16-25(17-19-26)15-14-24-11-8-7-9-12-24/h7,16-19,24,27-29H,2-6,8-15,20-23H2,1H3/t27-,28-,29-/m0/s1. The highest BCUT2D eigenvalue weighted by molar-refractivity contribution is 5.74. The predicted molar refractivity (Wildman–Crippen MR) is 135 cm³/mol. The van der Waals surface area contributed by atoms with Gasteiger partial charge in [0.05, 0.1) is 0 Å². The molecule has 1 atom stereocenters. The first-order valence-corrected chi connectivity index (χ1v) is 13.9. The molecule has 1 aromatic carbocycles. The third-order valence-corrected chi connectivity index (χ3v) is 7.87. The van der Waals surface area contributed by atoms with Crippen LogP contribution in [0.3, 0.4) is 0 Å².